The van der Waals surface area contributed by atoms with Gasteiger partial charge in [0.1, 0.15) is 0 Å². The summed E-state index contributed by atoms with van der Waals surface area (Å²) in [6.45, 7) is 0.0963. The number of carbonyl (C=O) groups excluding carboxylic acids is 1. The molecule has 1 fully saturated rings. The number of hydrogen-bond donors (Lipinski definition) is 3. The third kappa shape index (κ3) is 5.02. The Kier molecular flexibility index (Phi) is 3.51. The first kappa shape index (κ1) is 9.79. The third-order valence-electron chi connectivity index (χ3n) is 1.61. The lowest BCUT2D eigenvalue weighted by molar-refractivity contribution is -0.144. The second kappa shape index (κ2) is 4.66. The van der Waals surface area contributed by atoms with Crippen molar-refractivity contribution >= 4 is 12.0 Å². The van der Waals surface area contributed by atoms with Gasteiger partial charge in [-0.05, 0) is 18.8 Å². The smallest absolute Gasteiger partial charge is 0.338 e. The van der Waals surface area contributed by atoms with Gasteiger partial charge in [-0.25, -0.2) is 15.1 Å². The average molecular weight is 188 g/mol. The van der Waals surface area contributed by atoms with E-state index in [1.165, 1.54) is 0 Å². The summed E-state index contributed by atoms with van der Waals surface area (Å²) in [5.41, 5.74) is 1.97. The molecule has 0 spiro atoms. The highest BCUT2D eigenvalue weighted by Crippen LogP contribution is 2.27. The van der Waals surface area contributed by atoms with Gasteiger partial charge in [-0.1, -0.05) is 0 Å². The number of carboxylic acid groups (broad SMARTS) is 1. The molecule has 0 aromatic carbocycles. The predicted molar refractivity (Wildman–Crippen MR) is 42.8 cm³/mol. The number of carbonyl (C=O) groups is 2. The standard InChI is InChI=1S/C7H12N2O4/c10-6(11)4-13-9-7(12)8-3-5-1-2-5/h5H,1-4H2,(H,10,11)(H2,8,9,12). The number of aliphatic carboxylic acids is 1. The Labute approximate surface area is 75.2 Å². The summed E-state index contributed by atoms with van der Waals surface area (Å²) in [5, 5.41) is 10.7. The molecule has 74 valence electrons. The normalized spacial score (nSPS) is 15.1. The molecule has 0 atom stereocenters. The van der Waals surface area contributed by atoms with Crippen LogP contribution in [0, 0.1) is 5.92 Å². The number of hydrogen-bond acceptors (Lipinski definition) is 3. The van der Waals surface area contributed by atoms with E-state index in [0.717, 1.165) is 12.8 Å². The van der Waals surface area contributed by atoms with Crippen LogP contribution in [0.25, 0.3) is 0 Å². The Morgan fingerprint density at radius 1 is 1.46 bits per heavy atom. The first-order chi connectivity index (χ1) is 6.18. The van der Waals surface area contributed by atoms with E-state index >= 15 is 0 Å². The molecule has 0 aromatic heterocycles. The summed E-state index contributed by atoms with van der Waals surface area (Å²) in [5.74, 6) is -0.535. The van der Waals surface area contributed by atoms with E-state index in [1.54, 1.807) is 0 Å². The van der Waals surface area contributed by atoms with E-state index in [1.807, 2.05) is 5.48 Å². The molecular formula is C7H12N2O4. The second-order valence-electron chi connectivity index (χ2n) is 2.94. The van der Waals surface area contributed by atoms with Crippen molar-refractivity contribution in [3.05, 3.63) is 0 Å². The molecule has 0 bridgehead atoms. The molecule has 13 heavy (non-hydrogen) atoms. The fraction of sp³-hybridized carbons (Fsp3) is 0.714. The third-order valence-corrected chi connectivity index (χ3v) is 1.61. The zero-order valence-electron chi connectivity index (χ0n) is 7.08. The minimum atomic E-state index is -1.12. The quantitative estimate of drug-likeness (QED) is 0.517. The highest BCUT2D eigenvalue weighted by molar-refractivity contribution is 5.73. The zero-order chi connectivity index (χ0) is 9.68. The lowest BCUT2D eigenvalue weighted by Gasteiger charge is -2.04. The summed E-state index contributed by atoms with van der Waals surface area (Å²) < 4.78 is 0. The number of hydroxylamine groups is 1. The highest BCUT2D eigenvalue weighted by Gasteiger charge is 2.21. The van der Waals surface area contributed by atoms with Crippen LogP contribution in [0.1, 0.15) is 12.8 Å². The Balaban J connectivity index is 1.93. The Hall–Kier alpha value is -1.30. The molecule has 2 amide bonds. The first-order valence-electron chi connectivity index (χ1n) is 4.06. The fourth-order valence-corrected chi connectivity index (χ4v) is 0.758. The van der Waals surface area contributed by atoms with E-state index in [0.29, 0.717) is 12.5 Å². The Morgan fingerprint density at radius 2 is 2.15 bits per heavy atom. The van der Waals surface area contributed by atoms with Crippen molar-refractivity contribution in [3.8, 4) is 0 Å². The lowest BCUT2D eigenvalue weighted by Crippen LogP contribution is -2.37. The zero-order valence-corrected chi connectivity index (χ0v) is 7.08. The average Bonchev–Trinajstić information content (AvgIpc) is 2.83. The molecule has 0 saturated heterocycles. The van der Waals surface area contributed by atoms with Crippen molar-refractivity contribution < 1.29 is 19.5 Å². The van der Waals surface area contributed by atoms with Crippen LogP contribution in [-0.4, -0.2) is 30.3 Å². The van der Waals surface area contributed by atoms with Crippen molar-refractivity contribution in [1.82, 2.24) is 10.8 Å². The number of amides is 2. The van der Waals surface area contributed by atoms with Gasteiger partial charge in [-0.15, -0.1) is 0 Å². The van der Waals surface area contributed by atoms with Gasteiger partial charge in [0, 0.05) is 6.54 Å². The van der Waals surface area contributed by atoms with Crippen molar-refractivity contribution in [1.29, 1.82) is 0 Å². The van der Waals surface area contributed by atoms with Gasteiger partial charge in [0.2, 0.25) is 0 Å². The summed E-state index contributed by atoms with van der Waals surface area (Å²) in [6, 6.07) is -0.492. The molecule has 3 N–H and O–H groups in total. The Morgan fingerprint density at radius 3 is 2.69 bits per heavy atom. The van der Waals surface area contributed by atoms with Gasteiger partial charge in [0.05, 0.1) is 0 Å². The molecule has 6 heteroatoms. The van der Waals surface area contributed by atoms with E-state index in [9.17, 15) is 9.59 Å². The largest absolute Gasteiger partial charge is 0.479 e. The van der Waals surface area contributed by atoms with Crippen molar-refractivity contribution in [2.24, 2.45) is 5.92 Å². The monoisotopic (exact) mass is 188 g/mol. The van der Waals surface area contributed by atoms with E-state index in [-0.39, 0.29) is 0 Å². The van der Waals surface area contributed by atoms with Crippen molar-refractivity contribution in [3.63, 3.8) is 0 Å². The number of rotatable bonds is 5. The number of carboxylic acids is 1. The highest BCUT2D eigenvalue weighted by atomic mass is 16.7. The summed E-state index contributed by atoms with van der Waals surface area (Å²) in [6.07, 6.45) is 2.30. The van der Waals surface area contributed by atoms with Crippen LogP contribution in [0.4, 0.5) is 4.79 Å². The maximum atomic E-state index is 10.8. The number of nitrogens with one attached hydrogen (secondary N) is 2. The maximum Gasteiger partial charge on any atom is 0.338 e. The molecule has 0 unspecified atom stereocenters. The maximum absolute atomic E-state index is 10.8. The molecule has 0 heterocycles. The molecule has 1 rings (SSSR count). The van der Waals surface area contributed by atoms with Crippen LogP contribution < -0.4 is 10.8 Å². The van der Waals surface area contributed by atoms with Gasteiger partial charge in [0.15, 0.2) is 6.61 Å². The van der Waals surface area contributed by atoms with Gasteiger partial charge < -0.3 is 10.4 Å². The molecule has 0 aromatic rings. The predicted octanol–water partition coefficient (Wildman–Crippen LogP) is -0.288. The molecule has 0 radical (unpaired) electrons. The van der Waals surface area contributed by atoms with Crippen LogP contribution in [0.2, 0.25) is 0 Å². The molecule has 0 aliphatic heterocycles. The van der Waals surface area contributed by atoms with Gasteiger partial charge in [-0.2, -0.15) is 0 Å². The first-order valence-corrected chi connectivity index (χ1v) is 4.06. The van der Waals surface area contributed by atoms with E-state index < -0.39 is 18.6 Å². The Bertz CT molecular complexity index is 203. The summed E-state index contributed by atoms with van der Waals surface area (Å²) in [4.78, 5) is 25.1. The van der Waals surface area contributed by atoms with Crippen molar-refractivity contribution in [2.75, 3.05) is 13.2 Å². The van der Waals surface area contributed by atoms with Crippen LogP contribution in [0.3, 0.4) is 0 Å². The fourth-order valence-electron chi connectivity index (χ4n) is 0.758. The lowest BCUT2D eigenvalue weighted by atomic mass is 10.4. The molecule has 1 aliphatic carbocycles. The topological polar surface area (TPSA) is 87.7 Å². The second-order valence-corrected chi connectivity index (χ2v) is 2.94. The number of urea groups is 1. The molecule has 6 nitrogen and oxygen atoms in total. The van der Waals surface area contributed by atoms with Gasteiger partial charge in [-0.3, -0.25) is 4.84 Å². The minimum absolute atomic E-state index is 0.492. The van der Waals surface area contributed by atoms with E-state index in [2.05, 4.69) is 10.2 Å². The molecular weight excluding hydrogens is 176 g/mol. The molecule has 1 saturated carbocycles. The minimum Gasteiger partial charge on any atom is -0.479 e. The van der Waals surface area contributed by atoms with Gasteiger partial charge in [0.25, 0.3) is 0 Å². The van der Waals surface area contributed by atoms with Gasteiger partial charge >= 0.3 is 12.0 Å². The summed E-state index contributed by atoms with van der Waals surface area (Å²) in [7, 11) is 0. The van der Waals surface area contributed by atoms with E-state index in [4.69, 9.17) is 5.11 Å². The summed E-state index contributed by atoms with van der Waals surface area (Å²) >= 11 is 0. The van der Waals surface area contributed by atoms with Crippen LogP contribution in [-0.2, 0) is 9.63 Å². The van der Waals surface area contributed by atoms with Crippen molar-refractivity contribution in [2.45, 2.75) is 12.8 Å². The van der Waals surface area contributed by atoms with Crippen LogP contribution >= 0.6 is 0 Å². The SMILES string of the molecule is O=C(O)CONC(=O)NCC1CC1. The molecule has 1 aliphatic rings. The van der Waals surface area contributed by atoms with Crippen LogP contribution in [0.5, 0.6) is 0 Å². The van der Waals surface area contributed by atoms with Crippen LogP contribution in [0.15, 0.2) is 0 Å².